The number of azo groups is 1. The van der Waals surface area contributed by atoms with Crippen LogP contribution in [0.5, 0.6) is 0 Å². The van der Waals surface area contributed by atoms with Gasteiger partial charge in [-0.1, -0.05) is 0 Å². The minimum Gasteiger partial charge on any atom is -0.433 e. The molecular weight excluding hydrogens is 160 g/mol. The maximum Gasteiger partial charge on any atom is 0.336 e. The van der Waals surface area contributed by atoms with Crippen molar-refractivity contribution in [3.05, 3.63) is 0 Å². The fraction of sp³-hybridized carbons (Fsp3) is 0.857. The summed E-state index contributed by atoms with van der Waals surface area (Å²) in [6.07, 6.45) is -0.495. The third kappa shape index (κ3) is 0.741. The Morgan fingerprint density at radius 2 is 2.50 bits per heavy atom. The van der Waals surface area contributed by atoms with Crippen molar-refractivity contribution in [2.75, 3.05) is 13.7 Å². The molecule has 66 valence electrons. The van der Waals surface area contributed by atoms with Crippen LogP contribution < -0.4 is 0 Å². The Balaban J connectivity index is 2.31. The first-order valence-corrected chi connectivity index (χ1v) is 3.78. The summed E-state index contributed by atoms with van der Waals surface area (Å²) in [7, 11) is 1.52. The Morgan fingerprint density at radius 3 is 3.17 bits per heavy atom. The SMILES string of the molecule is CO[C@H]1OC(=O)[C@H]2N=NC[C@@]12C. The van der Waals surface area contributed by atoms with Crippen LogP contribution in [0.2, 0.25) is 0 Å². The number of hydrogen-bond acceptors (Lipinski definition) is 5. The van der Waals surface area contributed by atoms with Gasteiger partial charge in [-0.3, -0.25) is 0 Å². The Labute approximate surface area is 69.8 Å². The molecule has 0 saturated carbocycles. The van der Waals surface area contributed by atoms with Crippen LogP contribution in [0.15, 0.2) is 10.2 Å². The predicted molar refractivity (Wildman–Crippen MR) is 38.5 cm³/mol. The zero-order valence-electron chi connectivity index (χ0n) is 6.98. The number of methoxy groups -OCH3 is 1. The first-order valence-electron chi connectivity index (χ1n) is 3.78. The van der Waals surface area contributed by atoms with E-state index in [1.165, 1.54) is 7.11 Å². The van der Waals surface area contributed by atoms with Crippen molar-refractivity contribution < 1.29 is 14.3 Å². The van der Waals surface area contributed by atoms with Crippen molar-refractivity contribution in [2.45, 2.75) is 19.3 Å². The molecule has 0 aliphatic carbocycles. The Bertz CT molecular complexity index is 253. The average Bonchev–Trinajstić information content (AvgIpc) is 2.51. The summed E-state index contributed by atoms with van der Waals surface area (Å²) < 4.78 is 10.0. The monoisotopic (exact) mass is 170 g/mol. The summed E-state index contributed by atoms with van der Waals surface area (Å²) in [4.78, 5) is 11.2. The molecule has 1 fully saturated rings. The maximum atomic E-state index is 11.2. The van der Waals surface area contributed by atoms with E-state index in [-0.39, 0.29) is 11.4 Å². The van der Waals surface area contributed by atoms with Gasteiger partial charge in [-0.2, -0.15) is 10.2 Å². The van der Waals surface area contributed by atoms with Crippen LogP contribution in [-0.2, 0) is 14.3 Å². The lowest BCUT2D eigenvalue weighted by Gasteiger charge is -2.22. The minimum absolute atomic E-state index is 0.328. The summed E-state index contributed by atoms with van der Waals surface area (Å²) >= 11 is 0. The molecule has 2 aliphatic heterocycles. The fourth-order valence-electron chi connectivity index (χ4n) is 1.63. The number of ether oxygens (including phenoxy) is 2. The first-order chi connectivity index (χ1) is 5.68. The van der Waals surface area contributed by atoms with Gasteiger partial charge in [-0.15, -0.1) is 0 Å². The van der Waals surface area contributed by atoms with Crippen molar-refractivity contribution in [3.63, 3.8) is 0 Å². The summed E-state index contributed by atoms with van der Waals surface area (Å²) in [5.41, 5.74) is -0.383. The minimum atomic E-state index is -0.495. The van der Waals surface area contributed by atoms with Gasteiger partial charge >= 0.3 is 5.97 Å². The Morgan fingerprint density at radius 1 is 1.75 bits per heavy atom. The second-order valence-electron chi connectivity index (χ2n) is 3.33. The third-order valence-electron chi connectivity index (χ3n) is 2.43. The second kappa shape index (κ2) is 2.26. The van der Waals surface area contributed by atoms with Crippen LogP contribution in [-0.4, -0.2) is 32.0 Å². The first kappa shape index (κ1) is 7.67. The van der Waals surface area contributed by atoms with Gasteiger partial charge in [0.1, 0.15) is 0 Å². The summed E-state index contributed by atoms with van der Waals surface area (Å²) in [6, 6.07) is -0.456. The molecule has 5 heteroatoms. The topological polar surface area (TPSA) is 60.2 Å². The van der Waals surface area contributed by atoms with Gasteiger partial charge in [0.05, 0.1) is 12.0 Å². The summed E-state index contributed by atoms with van der Waals surface area (Å²) in [5, 5.41) is 7.65. The Kier molecular flexibility index (Phi) is 1.44. The molecule has 5 nitrogen and oxygen atoms in total. The molecule has 0 spiro atoms. The number of esters is 1. The van der Waals surface area contributed by atoms with Crippen molar-refractivity contribution in [2.24, 2.45) is 15.6 Å². The van der Waals surface area contributed by atoms with E-state index in [0.717, 1.165) is 0 Å². The van der Waals surface area contributed by atoms with Crippen molar-refractivity contribution in [1.82, 2.24) is 0 Å². The highest BCUT2D eigenvalue weighted by Crippen LogP contribution is 2.41. The highest BCUT2D eigenvalue weighted by Gasteiger charge is 2.58. The molecule has 2 aliphatic rings. The van der Waals surface area contributed by atoms with Crippen LogP contribution >= 0.6 is 0 Å². The van der Waals surface area contributed by atoms with E-state index in [1.807, 2.05) is 6.92 Å². The maximum absolute atomic E-state index is 11.2. The number of carbonyl (C=O) groups excluding carboxylic acids is 1. The van der Waals surface area contributed by atoms with Crippen LogP contribution in [0.1, 0.15) is 6.92 Å². The van der Waals surface area contributed by atoms with Crippen LogP contribution in [0.3, 0.4) is 0 Å². The molecule has 12 heavy (non-hydrogen) atoms. The lowest BCUT2D eigenvalue weighted by molar-refractivity contribution is -0.167. The molecule has 0 bridgehead atoms. The number of carbonyl (C=O) groups is 1. The fourth-order valence-corrected chi connectivity index (χ4v) is 1.63. The number of nitrogens with zero attached hydrogens (tertiary/aromatic N) is 2. The van der Waals surface area contributed by atoms with E-state index in [1.54, 1.807) is 0 Å². The van der Waals surface area contributed by atoms with E-state index in [9.17, 15) is 4.79 Å². The molecule has 3 atom stereocenters. The van der Waals surface area contributed by atoms with E-state index in [2.05, 4.69) is 10.2 Å². The van der Waals surface area contributed by atoms with Crippen molar-refractivity contribution in [3.8, 4) is 0 Å². The molecule has 0 radical (unpaired) electrons. The highest BCUT2D eigenvalue weighted by molar-refractivity contribution is 5.80. The molecule has 0 aromatic rings. The molecule has 0 unspecified atom stereocenters. The van der Waals surface area contributed by atoms with Gasteiger partial charge in [-0.25, -0.2) is 4.79 Å². The second-order valence-corrected chi connectivity index (χ2v) is 3.33. The van der Waals surface area contributed by atoms with Gasteiger partial charge in [0, 0.05) is 7.11 Å². The average molecular weight is 170 g/mol. The normalized spacial score (nSPS) is 44.7. The smallest absolute Gasteiger partial charge is 0.336 e. The van der Waals surface area contributed by atoms with Gasteiger partial charge in [0.15, 0.2) is 6.04 Å². The van der Waals surface area contributed by atoms with E-state index in [4.69, 9.17) is 9.47 Å². The summed E-state index contributed by atoms with van der Waals surface area (Å²) in [5.74, 6) is -0.328. The molecular formula is C7H10N2O3. The van der Waals surface area contributed by atoms with Gasteiger partial charge in [0.25, 0.3) is 0 Å². The van der Waals surface area contributed by atoms with Crippen LogP contribution in [0, 0.1) is 5.41 Å². The molecule has 0 aromatic carbocycles. The molecule has 2 rings (SSSR count). The van der Waals surface area contributed by atoms with E-state index >= 15 is 0 Å². The molecule has 1 saturated heterocycles. The number of cyclic esters (lactones) is 1. The van der Waals surface area contributed by atoms with Crippen LogP contribution in [0.25, 0.3) is 0 Å². The van der Waals surface area contributed by atoms with Gasteiger partial charge in [-0.05, 0) is 6.92 Å². The van der Waals surface area contributed by atoms with Gasteiger partial charge in [0.2, 0.25) is 6.29 Å². The largest absolute Gasteiger partial charge is 0.433 e. The van der Waals surface area contributed by atoms with E-state index < -0.39 is 12.3 Å². The predicted octanol–water partition coefficient (Wildman–Crippen LogP) is 0.356. The lowest BCUT2D eigenvalue weighted by atomic mass is 9.85. The number of rotatable bonds is 1. The van der Waals surface area contributed by atoms with Crippen molar-refractivity contribution in [1.29, 1.82) is 0 Å². The van der Waals surface area contributed by atoms with Crippen LogP contribution in [0.4, 0.5) is 0 Å². The molecule has 2 heterocycles. The Hall–Kier alpha value is -0.970. The summed E-state index contributed by atoms with van der Waals surface area (Å²) in [6.45, 7) is 2.40. The molecule has 0 aromatic heterocycles. The zero-order chi connectivity index (χ0) is 8.77. The zero-order valence-corrected chi connectivity index (χ0v) is 6.98. The van der Waals surface area contributed by atoms with Crippen molar-refractivity contribution >= 4 is 5.97 Å². The quantitative estimate of drug-likeness (QED) is 0.534. The third-order valence-corrected chi connectivity index (χ3v) is 2.43. The number of fused-ring (bicyclic) bond motifs is 1. The van der Waals surface area contributed by atoms with E-state index in [0.29, 0.717) is 6.54 Å². The molecule has 0 N–H and O–H groups in total. The molecule has 0 amide bonds. The lowest BCUT2D eigenvalue weighted by Crippen LogP contribution is -2.36. The van der Waals surface area contributed by atoms with Gasteiger partial charge < -0.3 is 9.47 Å². The number of hydrogen-bond donors (Lipinski definition) is 0. The standard InChI is InChI=1S/C7H10N2O3/c1-7-3-8-9-4(7)5(10)12-6(7)11-2/h4,6H,3H2,1-2H3/t4-,6+,7-/m1/s1. The highest BCUT2D eigenvalue weighted by atomic mass is 16.7.